The molecule has 0 unspecified atom stereocenters. The summed E-state index contributed by atoms with van der Waals surface area (Å²) in [6.07, 6.45) is 9.05. The van der Waals surface area contributed by atoms with Crippen LogP contribution in [-0.4, -0.2) is 62.6 Å². The Labute approximate surface area is 228 Å². The summed E-state index contributed by atoms with van der Waals surface area (Å²) in [4.78, 5) is 35.6. The summed E-state index contributed by atoms with van der Waals surface area (Å²) in [6, 6.07) is 9.67. The van der Waals surface area contributed by atoms with Gasteiger partial charge in [0.1, 0.15) is 0 Å². The molecular formula is C30H33N7O2. The van der Waals surface area contributed by atoms with Gasteiger partial charge in [-0.25, -0.2) is 4.68 Å². The molecule has 0 spiro atoms. The minimum absolute atomic E-state index is 0.108. The average Bonchev–Trinajstić information content (AvgIpc) is 3.63. The molecule has 9 nitrogen and oxygen atoms in total. The number of hydrogen-bond donors (Lipinski definition) is 3. The molecule has 4 aromatic rings. The van der Waals surface area contributed by atoms with E-state index >= 15 is 0 Å². The number of nitrogens with zero attached hydrogens (tertiary/aromatic N) is 4. The maximum Gasteiger partial charge on any atom is 0.256 e. The zero-order valence-corrected chi connectivity index (χ0v) is 22.7. The van der Waals surface area contributed by atoms with Crippen LogP contribution in [0.2, 0.25) is 0 Å². The number of aromatic nitrogens is 4. The van der Waals surface area contributed by atoms with Gasteiger partial charge in [0.05, 0.1) is 23.0 Å². The van der Waals surface area contributed by atoms with Crippen LogP contribution in [0.3, 0.4) is 0 Å². The number of hydrogen-bond acceptors (Lipinski definition) is 5. The molecule has 0 bridgehead atoms. The number of anilines is 1. The second kappa shape index (κ2) is 11.1. The molecule has 2 amide bonds. The van der Waals surface area contributed by atoms with Crippen LogP contribution >= 0.6 is 0 Å². The first kappa shape index (κ1) is 26.1. The number of likely N-dealkylation sites (N-methyl/N-ethyl adjacent to an activating group) is 1. The summed E-state index contributed by atoms with van der Waals surface area (Å²) in [5.74, 6) is -0.283. The second-order valence-corrected chi connectivity index (χ2v) is 9.60. The SMILES string of the molecule is CCN(CC)CCNC(=O)c1c(C)[nH]c(/C=C2\C(=O)Nc3ccc(-c4cnn(-c5ccncc5)c4)cc32)c1C. The van der Waals surface area contributed by atoms with Crippen molar-refractivity contribution in [3.05, 3.63) is 83.2 Å². The van der Waals surface area contributed by atoms with Crippen LogP contribution in [0, 0.1) is 13.8 Å². The quantitative estimate of drug-likeness (QED) is 0.281. The zero-order valence-electron chi connectivity index (χ0n) is 22.7. The Balaban J connectivity index is 1.41. The lowest BCUT2D eigenvalue weighted by Crippen LogP contribution is -2.35. The molecule has 4 heterocycles. The van der Waals surface area contributed by atoms with E-state index in [9.17, 15) is 9.59 Å². The summed E-state index contributed by atoms with van der Waals surface area (Å²) in [7, 11) is 0. The highest BCUT2D eigenvalue weighted by atomic mass is 16.2. The van der Waals surface area contributed by atoms with Gasteiger partial charge in [-0.1, -0.05) is 19.9 Å². The van der Waals surface area contributed by atoms with Gasteiger partial charge in [0.2, 0.25) is 0 Å². The number of amides is 2. The smallest absolute Gasteiger partial charge is 0.256 e. The molecule has 0 saturated heterocycles. The number of aryl methyl sites for hydroxylation is 1. The highest BCUT2D eigenvalue weighted by Gasteiger charge is 2.26. The van der Waals surface area contributed by atoms with Gasteiger partial charge >= 0.3 is 0 Å². The Morgan fingerprint density at radius 2 is 1.87 bits per heavy atom. The molecule has 3 aromatic heterocycles. The number of rotatable bonds is 9. The molecular weight excluding hydrogens is 490 g/mol. The number of benzene rings is 1. The number of nitrogens with one attached hydrogen (secondary N) is 3. The molecule has 5 rings (SSSR count). The Hall–Kier alpha value is -4.50. The first-order chi connectivity index (χ1) is 18.9. The van der Waals surface area contributed by atoms with Gasteiger partial charge < -0.3 is 20.5 Å². The van der Waals surface area contributed by atoms with Crippen LogP contribution in [-0.2, 0) is 4.79 Å². The Kier molecular flexibility index (Phi) is 7.42. The minimum Gasteiger partial charge on any atom is -0.358 e. The topological polar surface area (TPSA) is 108 Å². The lowest BCUT2D eigenvalue weighted by molar-refractivity contribution is -0.110. The van der Waals surface area contributed by atoms with Crippen molar-refractivity contribution in [1.29, 1.82) is 0 Å². The Morgan fingerprint density at radius 1 is 1.10 bits per heavy atom. The fourth-order valence-electron chi connectivity index (χ4n) is 4.98. The van der Waals surface area contributed by atoms with Crippen molar-refractivity contribution in [2.45, 2.75) is 27.7 Å². The van der Waals surface area contributed by atoms with Crippen LogP contribution in [0.1, 0.15) is 46.7 Å². The Morgan fingerprint density at radius 3 is 2.62 bits per heavy atom. The first-order valence-electron chi connectivity index (χ1n) is 13.2. The third kappa shape index (κ3) is 5.26. The van der Waals surface area contributed by atoms with Gasteiger partial charge in [-0.05, 0) is 68.4 Å². The van der Waals surface area contributed by atoms with E-state index < -0.39 is 0 Å². The summed E-state index contributed by atoms with van der Waals surface area (Å²) >= 11 is 0. The standard InChI is InChI=1S/C30H33N7O2/c1-5-36(6-2)14-13-32-30(39)28-19(3)27(34-20(28)4)16-25-24-15-21(7-8-26(24)35-29(25)38)22-17-33-37(18-22)23-9-11-31-12-10-23/h7-12,15-18,34H,5-6,13-14H2,1-4H3,(H,32,39)(H,35,38)/b25-16-. The normalized spacial score (nSPS) is 13.7. The van der Waals surface area contributed by atoms with Crippen molar-refractivity contribution in [3.63, 3.8) is 0 Å². The van der Waals surface area contributed by atoms with Crippen LogP contribution in [0.15, 0.2) is 55.1 Å². The third-order valence-electron chi connectivity index (χ3n) is 7.25. The molecule has 1 aromatic carbocycles. The van der Waals surface area contributed by atoms with Gasteiger partial charge in [0, 0.05) is 59.9 Å². The molecule has 0 radical (unpaired) electrons. The molecule has 9 heteroatoms. The summed E-state index contributed by atoms with van der Waals surface area (Å²) in [5.41, 5.74) is 7.87. The molecule has 0 fully saturated rings. The molecule has 0 saturated carbocycles. The highest BCUT2D eigenvalue weighted by Crippen LogP contribution is 2.37. The van der Waals surface area contributed by atoms with Crippen molar-refractivity contribution in [2.24, 2.45) is 0 Å². The van der Waals surface area contributed by atoms with Gasteiger partial charge in [0.15, 0.2) is 0 Å². The number of carbonyl (C=O) groups is 2. The van der Waals surface area contributed by atoms with E-state index in [4.69, 9.17) is 0 Å². The van der Waals surface area contributed by atoms with Gasteiger partial charge in [0.25, 0.3) is 11.8 Å². The monoisotopic (exact) mass is 523 g/mol. The summed E-state index contributed by atoms with van der Waals surface area (Å²) in [5, 5.41) is 10.5. The molecule has 0 aliphatic carbocycles. The van der Waals surface area contributed by atoms with Crippen LogP contribution in [0.5, 0.6) is 0 Å². The van der Waals surface area contributed by atoms with Crippen molar-refractivity contribution < 1.29 is 9.59 Å². The van der Waals surface area contributed by atoms with E-state index in [1.807, 2.05) is 56.5 Å². The predicted octanol–water partition coefficient (Wildman–Crippen LogP) is 4.44. The van der Waals surface area contributed by atoms with E-state index in [0.717, 1.165) is 64.7 Å². The average molecular weight is 524 g/mol. The zero-order chi connectivity index (χ0) is 27.5. The lowest BCUT2D eigenvalue weighted by atomic mass is 10.00. The third-order valence-corrected chi connectivity index (χ3v) is 7.25. The molecule has 1 aliphatic rings. The number of fused-ring (bicyclic) bond motifs is 1. The largest absolute Gasteiger partial charge is 0.358 e. The van der Waals surface area contributed by atoms with E-state index in [1.54, 1.807) is 23.3 Å². The summed E-state index contributed by atoms with van der Waals surface area (Å²) in [6.45, 7) is 11.3. The first-order valence-corrected chi connectivity index (χ1v) is 13.2. The summed E-state index contributed by atoms with van der Waals surface area (Å²) < 4.78 is 1.80. The molecule has 39 heavy (non-hydrogen) atoms. The van der Waals surface area contributed by atoms with Crippen LogP contribution in [0.25, 0.3) is 28.5 Å². The van der Waals surface area contributed by atoms with E-state index in [-0.39, 0.29) is 11.8 Å². The fraction of sp³-hybridized carbons (Fsp3) is 0.267. The van der Waals surface area contributed by atoms with E-state index in [2.05, 4.69) is 44.4 Å². The molecule has 0 atom stereocenters. The predicted molar refractivity (Wildman–Crippen MR) is 154 cm³/mol. The van der Waals surface area contributed by atoms with E-state index in [1.165, 1.54) is 0 Å². The van der Waals surface area contributed by atoms with E-state index in [0.29, 0.717) is 17.7 Å². The van der Waals surface area contributed by atoms with Gasteiger partial charge in [-0.15, -0.1) is 0 Å². The number of H-pyrrole nitrogens is 1. The molecule has 3 N–H and O–H groups in total. The number of aromatic amines is 1. The van der Waals surface area contributed by atoms with Gasteiger partial charge in [-0.3, -0.25) is 14.6 Å². The highest BCUT2D eigenvalue weighted by molar-refractivity contribution is 6.35. The lowest BCUT2D eigenvalue weighted by Gasteiger charge is -2.18. The molecule has 1 aliphatic heterocycles. The van der Waals surface area contributed by atoms with Crippen molar-refractivity contribution in [2.75, 3.05) is 31.5 Å². The minimum atomic E-state index is -0.175. The van der Waals surface area contributed by atoms with Crippen LogP contribution < -0.4 is 10.6 Å². The second-order valence-electron chi connectivity index (χ2n) is 9.60. The maximum absolute atomic E-state index is 13.0. The number of carbonyl (C=O) groups excluding carboxylic acids is 2. The van der Waals surface area contributed by atoms with Crippen molar-refractivity contribution in [3.8, 4) is 16.8 Å². The van der Waals surface area contributed by atoms with Crippen molar-refractivity contribution in [1.82, 2.24) is 30.0 Å². The van der Waals surface area contributed by atoms with Gasteiger partial charge in [-0.2, -0.15) is 5.10 Å². The van der Waals surface area contributed by atoms with Crippen LogP contribution in [0.4, 0.5) is 5.69 Å². The number of pyridine rings is 1. The molecule has 200 valence electrons. The Bertz CT molecular complexity index is 1540. The fourth-order valence-corrected chi connectivity index (χ4v) is 4.98. The maximum atomic E-state index is 13.0. The van der Waals surface area contributed by atoms with Crippen molar-refractivity contribution >= 4 is 29.2 Å².